The van der Waals surface area contributed by atoms with E-state index in [9.17, 15) is 18.7 Å². The van der Waals surface area contributed by atoms with Crippen molar-refractivity contribution >= 4 is 17.6 Å². The highest BCUT2D eigenvalue weighted by molar-refractivity contribution is 6.23. The van der Waals surface area contributed by atoms with E-state index in [2.05, 4.69) is 0 Å². The predicted molar refractivity (Wildman–Crippen MR) is 132 cm³/mol. The molecule has 0 spiro atoms. The molecule has 9 heteroatoms. The molecular formula is C27H28F2N2O5. The Balaban J connectivity index is 1.61. The normalized spacial score (nSPS) is 12.4. The largest absolute Gasteiger partial charge is 0.491 e. The third-order valence-corrected chi connectivity index (χ3v) is 5.06. The first-order chi connectivity index (χ1) is 17.4. The number of nitrogens with zero attached hydrogens (tertiary/aromatic N) is 1. The topological polar surface area (TPSA) is 94.3 Å². The number of primary amides is 1. The van der Waals surface area contributed by atoms with E-state index in [-0.39, 0.29) is 18.7 Å². The van der Waals surface area contributed by atoms with Gasteiger partial charge in [0.1, 0.15) is 24.2 Å². The molecule has 0 aliphatic carbocycles. The van der Waals surface area contributed by atoms with Crippen LogP contribution in [0.1, 0.15) is 11.1 Å². The van der Waals surface area contributed by atoms with E-state index < -0.39 is 23.6 Å². The number of halogens is 2. The minimum Gasteiger partial charge on any atom is -0.491 e. The molecule has 0 radical (unpaired) electrons. The number of hydrogen-bond acceptors (Lipinski definition) is 6. The molecule has 7 nitrogen and oxygen atoms in total. The fourth-order valence-electron chi connectivity index (χ4n) is 3.27. The number of carbonyl (C=O) groups is 1. The summed E-state index contributed by atoms with van der Waals surface area (Å²) in [5.41, 5.74) is 6.38. The van der Waals surface area contributed by atoms with Crippen molar-refractivity contribution in [3.63, 3.8) is 0 Å². The second-order valence-electron chi connectivity index (χ2n) is 7.87. The molecule has 190 valence electrons. The van der Waals surface area contributed by atoms with E-state index in [1.165, 1.54) is 12.1 Å². The number of ether oxygens (including phenoxy) is 2. The average Bonchev–Trinajstić information content (AvgIpc) is 2.87. The highest BCUT2D eigenvalue weighted by Crippen LogP contribution is 2.22. The zero-order valence-corrected chi connectivity index (χ0v) is 19.8. The van der Waals surface area contributed by atoms with Crippen molar-refractivity contribution in [1.82, 2.24) is 5.06 Å². The number of amides is 1. The van der Waals surface area contributed by atoms with E-state index in [1.807, 2.05) is 30.3 Å². The number of nitrogens with two attached hydrogens (primary N) is 1. The van der Waals surface area contributed by atoms with Crippen LogP contribution in [0.3, 0.4) is 0 Å². The third-order valence-electron chi connectivity index (χ3n) is 5.06. The lowest BCUT2D eigenvalue weighted by Crippen LogP contribution is -2.39. The molecule has 0 fully saturated rings. The number of methoxy groups -OCH3 is 1. The molecule has 3 rings (SSSR count). The van der Waals surface area contributed by atoms with Gasteiger partial charge < -0.3 is 25.2 Å². The Labute approximate surface area is 208 Å². The standard InChI is InChI=1S/C27H28F2N2O5/c1-34-14-13-31(36-23-5-3-2-4-6-23)17-21(32)18-35-22-10-8-20(9-11-22)24(27(30)33)15-19-7-12-25(28)26(29)16-19/h2-12,15-16,21,32H,13-14,17-18H2,1H3,(H2,30,33)/b24-15+. The summed E-state index contributed by atoms with van der Waals surface area (Å²) in [7, 11) is 1.58. The zero-order chi connectivity index (χ0) is 25.9. The summed E-state index contributed by atoms with van der Waals surface area (Å²) in [6.45, 7) is 1.03. The molecule has 36 heavy (non-hydrogen) atoms. The number of benzene rings is 3. The maximum absolute atomic E-state index is 13.5. The van der Waals surface area contributed by atoms with E-state index >= 15 is 0 Å². The first-order valence-corrected chi connectivity index (χ1v) is 11.2. The number of rotatable bonds is 13. The lowest BCUT2D eigenvalue weighted by Gasteiger charge is -2.24. The Morgan fingerprint density at radius 1 is 1.03 bits per heavy atom. The fourth-order valence-corrected chi connectivity index (χ4v) is 3.27. The monoisotopic (exact) mass is 498 g/mol. The van der Waals surface area contributed by atoms with E-state index in [0.717, 1.165) is 12.1 Å². The average molecular weight is 499 g/mol. The molecule has 3 aromatic carbocycles. The van der Waals surface area contributed by atoms with E-state index in [0.29, 0.717) is 35.8 Å². The molecule has 1 atom stereocenters. The highest BCUT2D eigenvalue weighted by atomic mass is 19.2. The number of aliphatic hydroxyl groups is 1. The molecule has 0 bridgehead atoms. The lowest BCUT2D eigenvalue weighted by molar-refractivity contribution is -0.112. The maximum Gasteiger partial charge on any atom is 0.249 e. The van der Waals surface area contributed by atoms with Crippen LogP contribution in [0.25, 0.3) is 11.6 Å². The van der Waals surface area contributed by atoms with Gasteiger partial charge in [-0.3, -0.25) is 4.79 Å². The molecule has 0 aliphatic heterocycles. The first kappa shape index (κ1) is 26.8. The van der Waals surface area contributed by atoms with Crippen LogP contribution in [-0.2, 0) is 9.53 Å². The zero-order valence-electron chi connectivity index (χ0n) is 19.8. The van der Waals surface area contributed by atoms with Gasteiger partial charge in [-0.15, -0.1) is 5.06 Å². The highest BCUT2D eigenvalue weighted by Gasteiger charge is 2.15. The maximum atomic E-state index is 13.5. The van der Waals surface area contributed by atoms with Crippen LogP contribution in [0, 0.1) is 11.6 Å². The Bertz CT molecular complexity index is 1160. The van der Waals surface area contributed by atoms with Gasteiger partial charge in [-0.1, -0.05) is 36.4 Å². The summed E-state index contributed by atoms with van der Waals surface area (Å²) in [6.07, 6.45) is 0.519. The summed E-state index contributed by atoms with van der Waals surface area (Å²) in [5, 5.41) is 12.1. The van der Waals surface area contributed by atoms with Gasteiger partial charge in [0, 0.05) is 12.7 Å². The van der Waals surface area contributed by atoms with Crippen molar-refractivity contribution in [3.05, 3.63) is 95.6 Å². The summed E-state index contributed by atoms with van der Waals surface area (Å²) in [5.74, 6) is -1.63. The lowest BCUT2D eigenvalue weighted by atomic mass is 10.0. The number of carbonyl (C=O) groups excluding carboxylic acids is 1. The summed E-state index contributed by atoms with van der Waals surface area (Å²) in [4.78, 5) is 17.8. The van der Waals surface area contributed by atoms with Crippen LogP contribution in [0.2, 0.25) is 0 Å². The molecule has 0 saturated heterocycles. The second-order valence-corrected chi connectivity index (χ2v) is 7.87. The minimum absolute atomic E-state index is 0.00560. The van der Waals surface area contributed by atoms with Gasteiger partial charge in [0.05, 0.1) is 19.7 Å². The quantitative estimate of drug-likeness (QED) is 0.212. The van der Waals surface area contributed by atoms with E-state index in [4.69, 9.17) is 20.0 Å². The van der Waals surface area contributed by atoms with Crippen LogP contribution < -0.4 is 15.3 Å². The molecule has 1 amide bonds. The summed E-state index contributed by atoms with van der Waals surface area (Å²) >= 11 is 0. The number of hydrogen-bond donors (Lipinski definition) is 2. The summed E-state index contributed by atoms with van der Waals surface area (Å²) < 4.78 is 37.5. The number of hydroxylamine groups is 2. The van der Waals surface area contributed by atoms with Gasteiger partial charge in [-0.05, 0) is 53.6 Å². The van der Waals surface area contributed by atoms with Crippen molar-refractivity contribution in [2.75, 3.05) is 33.4 Å². The SMILES string of the molecule is COCCN(CC(O)COc1ccc(/C(=C\c2ccc(F)c(F)c2)C(N)=O)cc1)Oc1ccccc1. The molecule has 3 aromatic rings. The third kappa shape index (κ3) is 8.16. The smallest absolute Gasteiger partial charge is 0.249 e. The van der Waals surface area contributed by atoms with Gasteiger partial charge in [0.25, 0.3) is 0 Å². The van der Waals surface area contributed by atoms with Crippen LogP contribution in [0.4, 0.5) is 8.78 Å². The minimum atomic E-state index is -1.02. The molecule has 0 saturated carbocycles. The Morgan fingerprint density at radius 3 is 2.39 bits per heavy atom. The van der Waals surface area contributed by atoms with Gasteiger partial charge >= 0.3 is 0 Å². The molecule has 1 unspecified atom stereocenters. The van der Waals surface area contributed by atoms with Crippen molar-refractivity contribution in [2.24, 2.45) is 5.73 Å². The van der Waals surface area contributed by atoms with Crippen LogP contribution in [0.15, 0.2) is 72.8 Å². The van der Waals surface area contributed by atoms with Crippen LogP contribution in [-0.4, -0.2) is 55.6 Å². The van der Waals surface area contributed by atoms with Gasteiger partial charge in [0.15, 0.2) is 11.6 Å². The number of aliphatic hydroxyl groups excluding tert-OH is 1. The van der Waals surface area contributed by atoms with Crippen molar-refractivity contribution < 1.29 is 33.0 Å². The van der Waals surface area contributed by atoms with Gasteiger partial charge in [-0.25, -0.2) is 8.78 Å². The van der Waals surface area contributed by atoms with Gasteiger partial charge in [-0.2, -0.15) is 0 Å². The Morgan fingerprint density at radius 2 is 1.75 bits per heavy atom. The fraction of sp³-hybridized carbons (Fsp3) is 0.222. The Kier molecular flexibility index (Phi) is 9.93. The van der Waals surface area contributed by atoms with Crippen molar-refractivity contribution in [2.45, 2.75) is 6.10 Å². The summed E-state index contributed by atoms with van der Waals surface area (Å²) in [6, 6.07) is 19.0. The Hall–Kier alpha value is -3.79. The molecule has 0 aliphatic rings. The predicted octanol–water partition coefficient (Wildman–Crippen LogP) is 3.67. The van der Waals surface area contributed by atoms with Gasteiger partial charge in [0.2, 0.25) is 5.91 Å². The van der Waals surface area contributed by atoms with Crippen LogP contribution >= 0.6 is 0 Å². The van der Waals surface area contributed by atoms with E-state index in [1.54, 1.807) is 36.4 Å². The number of para-hydroxylation sites is 1. The van der Waals surface area contributed by atoms with Crippen molar-refractivity contribution in [3.8, 4) is 11.5 Å². The molecule has 3 N–H and O–H groups in total. The molecule has 0 aromatic heterocycles. The van der Waals surface area contributed by atoms with Crippen molar-refractivity contribution in [1.29, 1.82) is 0 Å². The van der Waals surface area contributed by atoms with Crippen LogP contribution in [0.5, 0.6) is 11.5 Å². The first-order valence-electron chi connectivity index (χ1n) is 11.2. The molecular weight excluding hydrogens is 470 g/mol. The molecule has 0 heterocycles. The second kappa shape index (κ2) is 13.3.